The number of thiophene rings is 1. The van der Waals surface area contributed by atoms with Crippen LogP contribution in [-0.2, 0) is 24.3 Å². The Kier molecular flexibility index (Phi) is 6.60. The molecule has 6 nitrogen and oxygen atoms in total. The number of amides is 1. The summed E-state index contributed by atoms with van der Waals surface area (Å²) in [5, 5.41) is 2.00. The van der Waals surface area contributed by atoms with Gasteiger partial charge in [-0.15, -0.1) is 11.3 Å². The van der Waals surface area contributed by atoms with Crippen LogP contribution in [-0.4, -0.2) is 32.1 Å². The van der Waals surface area contributed by atoms with Crippen molar-refractivity contribution in [3.8, 4) is 17.2 Å². The van der Waals surface area contributed by atoms with E-state index in [4.69, 9.17) is 18.6 Å². The van der Waals surface area contributed by atoms with Gasteiger partial charge in [-0.3, -0.25) is 4.79 Å². The molecule has 0 bridgehead atoms. The molecule has 0 unspecified atom stereocenters. The molecule has 0 radical (unpaired) electrons. The summed E-state index contributed by atoms with van der Waals surface area (Å²) in [5.74, 6) is 2.29. The van der Waals surface area contributed by atoms with Crippen LogP contribution >= 0.6 is 11.3 Å². The number of ether oxygens (including phenoxy) is 3. The summed E-state index contributed by atoms with van der Waals surface area (Å²) in [4.78, 5) is 16.0. The van der Waals surface area contributed by atoms with Crippen LogP contribution in [0.4, 0.5) is 0 Å². The Morgan fingerprint density at radius 3 is 2.32 bits per heavy atom. The first-order chi connectivity index (χ1) is 13.6. The SMILES string of the molecule is COc1cc(CC(=O)N(Cc2ccco2)Cc2cccs2)cc(OC)c1OC. The van der Waals surface area contributed by atoms with Crippen LogP contribution in [0, 0.1) is 0 Å². The molecular formula is C21H23NO5S. The molecule has 0 fully saturated rings. The second-order valence-corrected chi connectivity index (χ2v) is 7.15. The zero-order valence-electron chi connectivity index (χ0n) is 16.1. The molecule has 0 N–H and O–H groups in total. The summed E-state index contributed by atoms with van der Waals surface area (Å²) in [6.07, 6.45) is 1.82. The second kappa shape index (κ2) is 9.32. The molecule has 0 aliphatic rings. The van der Waals surface area contributed by atoms with Crippen LogP contribution in [0.5, 0.6) is 17.2 Å². The fraction of sp³-hybridized carbons (Fsp3) is 0.286. The first-order valence-corrected chi connectivity index (χ1v) is 9.64. The normalized spacial score (nSPS) is 10.5. The van der Waals surface area contributed by atoms with E-state index in [-0.39, 0.29) is 12.3 Å². The van der Waals surface area contributed by atoms with Crippen molar-refractivity contribution < 1.29 is 23.4 Å². The van der Waals surface area contributed by atoms with Gasteiger partial charge in [-0.1, -0.05) is 6.07 Å². The van der Waals surface area contributed by atoms with E-state index in [2.05, 4.69) is 0 Å². The summed E-state index contributed by atoms with van der Waals surface area (Å²) < 4.78 is 21.6. The average molecular weight is 401 g/mol. The molecule has 2 heterocycles. The van der Waals surface area contributed by atoms with Crippen molar-refractivity contribution in [3.63, 3.8) is 0 Å². The highest BCUT2D eigenvalue weighted by atomic mass is 32.1. The Labute approximate surface area is 168 Å². The van der Waals surface area contributed by atoms with Gasteiger partial charge in [0.25, 0.3) is 0 Å². The molecule has 1 aromatic carbocycles. The maximum Gasteiger partial charge on any atom is 0.227 e. The molecular weight excluding hydrogens is 378 g/mol. The monoisotopic (exact) mass is 401 g/mol. The third-order valence-corrected chi connectivity index (χ3v) is 5.15. The topological polar surface area (TPSA) is 61.1 Å². The highest BCUT2D eigenvalue weighted by Gasteiger charge is 2.20. The molecule has 148 valence electrons. The minimum Gasteiger partial charge on any atom is -0.493 e. The number of furan rings is 1. The van der Waals surface area contributed by atoms with Crippen molar-refractivity contribution >= 4 is 17.2 Å². The summed E-state index contributed by atoms with van der Waals surface area (Å²) in [7, 11) is 4.67. The van der Waals surface area contributed by atoms with E-state index in [0.717, 1.165) is 16.2 Å². The Hall–Kier alpha value is -2.93. The first-order valence-electron chi connectivity index (χ1n) is 8.76. The van der Waals surface area contributed by atoms with E-state index < -0.39 is 0 Å². The fourth-order valence-corrected chi connectivity index (χ4v) is 3.66. The minimum atomic E-state index is -0.0147. The lowest BCUT2D eigenvalue weighted by Gasteiger charge is -2.22. The van der Waals surface area contributed by atoms with Gasteiger partial charge in [0.2, 0.25) is 11.7 Å². The molecule has 7 heteroatoms. The Morgan fingerprint density at radius 1 is 1.04 bits per heavy atom. The van der Waals surface area contributed by atoms with Crippen molar-refractivity contribution in [1.82, 2.24) is 4.90 Å². The van der Waals surface area contributed by atoms with Crippen LogP contribution in [0.2, 0.25) is 0 Å². The van der Waals surface area contributed by atoms with E-state index in [1.54, 1.807) is 56.0 Å². The van der Waals surface area contributed by atoms with Gasteiger partial charge in [0.05, 0.1) is 47.1 Å². The smallest absolute Gasteiger partial charge is 0.227 e. The van der Waals surface area contributed by atoms with Gasteiger partial charge in [0.1, 0.15) is 5.76 Å². The van der Waals surface area contributed by atoms with Crippen molar-refractivity contribution in [2.45, 2.75) is 19.5 Å². The van der Waals surface area contributed by atoms with E-state index in [9.17, 15) is 4.79 Å². The van der Waals surface area contributed by atoms with Crippen LogP contribution in [0.3, 0.4) is 0 Å². The maximum absolute atomic E-state index is 13.1. The summed E-state index contributed by atoms with van der Waals surface area (Å²) in [6, 6.07) is 11.3. The number of rotatable bonds is 9. The molecule has 0 atom stereocenters. The fourth-order valence-electron chi connectivity index (χ4n) is 2.94. The second-order valence-electron chi connectivity index (χ2n) is 6.12. The highest BCUT2D eigenvalue weighted by Crippen LogP contribution is 2.38. The van der Waals surface area contributed by atoms with Crippen LogP contribution in [0.25, 0.3) is 0 Å². The summed E-state index contributed by atoms with van der Waals surface area (Å²) in [6.45, 7) is 0.940. The molecule has 28 heavy (non-hydrogen) atoms. The number of methoxy groups -OCH3 is 3. The Morgan fingerprint density at radius 2 is 1.79 bits per heavy atom. The molecule has 3 aromatic rings. The number of benzene rings is 1. The zero-order chi connectivity index (χ0) is 19.9. The first kappa shape index (κ1) is 19.8. The lowest BCUT2D eigenvalue weighted by molar-refractivity contribution is -0.131. The predicted octanol–water partition coefficient (Wildman–Crippen LogP) is 4.14. The molecule has 1 amide bonds. The quantitative estimate of drug-likeness (QED) is 0.539. The minimum absolute atomic E-state index is 0.0147. The number of hydrogen-bond acceptors (Lipinski definition) is 6. The van der Waals surface area contributed by atoms with E-state index in [0.29, 0.717) is 30.3 Å². The lowest BCUT2D eigenvalue weighted by atomic mass is 10.1. The molecule has 0 saturated heterocycles. The van der Waals surface area contributed by atoms with E-state index in [1.165, 1.54) is 0 Å². The van der Waals surface area contributed by atoms with Gasteiger partial charge in [-0.05, 0) is 41.3 Å². The molecule has 0 aliphatic heterocycles. The van der Waals surface area contributed by atoms with Gasteiger partial charge in [0, 0.05) is 4.88 Å². The summed E-state index contributed by atoms with van der Waals surface area (Å²) >= 11 is 1.62. The van der Waals surface area contributed by atoms with Gasteiger partial charge in [-0.2, -0.15) is 0 Å². The third kappa shape index (κ3) is 4.67. The molecule has 0 saturated carbocycles. The number of carbonyl (C=O) groups excluding carboxylic acids is 1. The van der Waals surface area contributed by atoms with Crippen molar-refractivity contribution in [3.05, 3.63) is 64.2 Å². The number of carbonyl (C=O) groups is 1. The van der Waals surface area contributed by atoms with Crippen molar-refractivity contribution in [2.75, 3.05) is 21.3 Å². The Balaban J connectivity index is 1.82. The van der Waals surface area contributed by atoms with Crippen molar-refractivity contribution in [2.24, 2.45) is 0 Å². The number of nitrogens with zero attached hydrogens (tertiary/aromatic N) is 1. The number of hydrogen-bond donors (Lipinski definition) is 0. The average Bonchev–Trinajstić information content (AvgIpc) is 3.40. The molecule has 3 rings (SSSR count). The molecule has 0 aliphatic carbocycles. The van der Waals surface area contributed by atoms with Gasteiger partial charge in [0.15, 0.2) is 11.5 Å². The molecule has 2 aromatic heterocycles. The van der Waals surface area contributed by atoms with Crippen LogP contribution < -0.4 is 14.2 Å². The van der Waals surface area contributed by atoms with E-state index >= 15 is 0 Å². The largest absolute Gasteiger partial charge is 0.493 e. The predicted molar refractivity (Wildman–Crippen MR) is 107 cm³/mol. The van der Waals surface area contributed by atoms with Gasteiger partial charge in [-0.25, -0.2) is 0 Å². The zero-order valence-corrected chi connectivity index (χ0v) is 17.0. The van der Waals surface area contributed by atoms with Gasteiger partial charge < -0.3 is 23.5 Å². The molecule has 0 spiro atoms. The van der Waals surface area contributed by atoms with E-state index in [1.807, 2.05) is 29.6 Å². The van der Waals surface area contributed by atoms with Crippen LogP contribution in [0.15, 0.2) is 52.5 Å². The van der Waals surface area contributed by atoms with Crippen LogP contribution in [0.1, 0.15) is 16.2 Å². The summed E-state index contributed by atoms with van der Waals surface area (Å²) in [5.41, 5.74) is 0.787. The Bertz CT molecular complexity index is 828. The maximum atomic E-state index is 13.1. The standard InChI is InChI=1S/C21H23NO5S/c1-24-18-10-15(11-19(25-2)21(18)26-3)12-20(23)22(13-16-6-4-8-27-16)14-17-7-5-9-28-17/h4-11H,12-14H2,1-3H3. The third-order valence-electron chi connectivity index (χ3n) is 4.29. The van der Waals surface area contributed by atoms with Gasteiger partial charge >= 0.3 is 0 Å². The van der Waals surface area contributed by atoms with Crippen molar-refractivity contribution in [1.29, 1.82) is 0 Å². The highest BCUT2D eigenvalue weighted by molar-refractivity contribution is 7.09. The lowest BCUT2D eigenvalue weighted by Crippen LogP contribution is -2.31.